The van der Waals surface area contributed by atoms with Crippen molar-refractivity contribution in [3.05, 3.63) is 65.2 Å². The SMILES string of the molecule is CC1CCC(c2ccc(/C=C/C=O)cc2)CC1.COCCc1ccc(N)cc1N. The van der Waals surface area contributed by atoms with Gasteiger partial charge in [-0.1, -0.05) is 56.2 Å². The summed E-state index contributed by atoms with van der Waals surface area (Å²) >= 11 is 0. The van der Waals surface area contributed by atoms with Crippen molar-refractivity contribution >= 4 is 23.7 Å². The highest BCUT2D eigenvalue weighted by Crippen LogP contribution is 2.35. The average Bonchev–Trinajstić information content (AvgIpc) is 2.73. The molecule has 4 N–H and O–H groups in total. The molecule has 1 fully saturated rings. The molecule has 1 aliphatic rings. The summed E-state index contributed by atoms with van der Waals surface area (Å²) in [6.07, 6.45) is 10.4. The predicted molar refractivity (Wildman–Crippen MR) is 123 cm³/mol. The van der Waals surface area contributed by atoms with Crippen LogP contribution in [0, 0.1) is 5.92 Å². The number of anilines is 2. The first-order chi connectivity index (χ1) is 14.0. The Hall–Kier alpha value is -2.59. The molecule has 156 valence electrons. The van der Waals surface area contributed by atoms with Crippen LogP contribution in [0.15, 0.2) is 48.5 Å². The lowest BCUT2D eigenvalue weighted by atomic mass is 9.79. The van der Waals surface area contributed by atoms with E-state index < -0.39 is 0 Å². The zero-order chi connectivity index (χ0) is 21.1. The van der Waals surface area contributed by atoms with Crippen LogP contribution in [0.1, 0.15) is 55.2 Å². The Morgan fingerprint density at radius 3 is 2.31 bits per heavy atom. The number of hydrogen-bond acceptors (Lipinski definition) is 4. The Kier molecular flexibility index (Phi) is 9.45. The van der Waals surface area contributed by atoms with Crippen molar-refractivity contribution in [1.29, 1.82) is 0 Å². The predicted octanol–water partition coefficient (Wildman–Crippen LogP) is 5.23. The molecule has 0 saturated heterocycles. The van der Waals surface area contributed by atoms with Crippen LogP contribution >= 0.6 is 0 Å². The van der Waals surface area contributed by atoms with E-state index in [1.165, 1.54) is 37.3 Å². The molecule has 0 aliphatic heterocycles. The van der Waals surface area contributed by atoms with Crippen molar-refractivity contribution in [3.63, 3.8) is 0 Å². The van der Waals surface area contributed by atoms with Gasteiger partial charge in [0.25, 0.3) is 0 Å². The van der Waals surface area contributed by atoms with Crippen molar-refractivity contribution < 1.29 is 9.53 Å². The lowest BCUT2D eigenvalue weighted by Gasteiger charge is -2.26. The molecule has 1 aliphatic carbocycles. The normalized spacial score (nSPS) is 18.8. The molecule has 0 radical (unpaired) electrons. The standard InChI is InChI=1S/C16H20O.C9H14N2O/c1-13-4-8-15(9-5-13)16-10-6-14(7-11-16)3-2-12-17;1-12-5-4-7-2-3-8(10)6-9(7)11/h2-3,6-7,10-13,15H,4-5,8-9H2,1H3;2-3,6H,4-5,10-11H2,1H3/b3-2+;. The lowest BCUT2D eigenvalue weighted by molar-refractivity contribution is -0.104. The molecule has 1 saturated carbocycles. The third kappa shape index (κ3) is 7.74. The second-order valence-corrected chi connectivity index (χ2v) is 7.82. The van der Waals surface area contributed by atoms with E-state index >= 15 is 0 Å². The van der Waals surface area contributed by atoms with Crippen LogP contribution in [0.4, 0.5) is 11.4 Å². The van der Waals surface area contributed by atoms with Gasteiger partial charge in [0.2, 0.25) is 0 Å². The molecule has 0 aromatic heterocycles. The zero-order valence-electron chi connectivity index (χ0n) is 17.6. The first-order valence-electron chi connectivity index (χ1n) is 10.4. The number of carbonyl (C=O) groups excluding carboxylic acids is 1. The first-order valence-corrected chi connectivity index (χ1v) is 10.4. The van der Waals surface area contributed by atoms with Gasteiger partial charge in [-0.25, -0.2) is 0 Å². The third-order valence-corrected chi connectivity index (χ3v) is 5.54. The van der Waals surface area contributed by atoms with Gasteiger partial charge in [-0.3, -0.25) is 4.79 Å². The lowest BCUT2D eigenvalue weighted by Crippen LogP contribution is -2.10. The number of methoxy groups -OCH3 is 1. The molecule has 0 atom stereocenters. The first kappa shape index (κ1) is 22.7. The van der Waals surface area contributed by atoms with Crippen LogP contribution in [-0.2, 0) is 16.0 Å². The fourth-order valence-corrected chi connectivity index (χ4v) is 3.68. The number of aldehydes is 1. The number of nitrogens with two attached hydrogens (primary N) is 2. The largest absolute Gasteiger partial charge is 0.399 e. The molecule has 2 aromatic carbocycles. The summed E-state index contributed by atoms with van der Waals surface area (Å²) in [5, 5.41) is 0. The average molecular weight is 395 g/mol. The highest BCUT2D eigenvalue weighted by molar-refractivity contribution is 5.73. The molecule has 3 rings (SSSR count). The van der Waals surface area contributed by atoms with Crippen LogP contribution in [0.25, 0.3) is 6.08 Å². The molecule has 0 heterocycles. The minimum Gasteiger partial charge on any atom is -0.399 e. The smallest absolute Gasteiger partial charge is 0.142 e. The van der Waals surface area contributed by atoms with E-state index in [4.69, 9.17) is 16.2 Å². The highest BCUT2D eigenvalue weighted by Gasteiger charge is 2.19. The molecule has 2 aromatic rings. The van der Waals surface area contributed by atoms with Gasteiger partial charge in [-0.05, 0) is 66.0 Å². The Balaban J connectivity index is 0.000000221. The second-order valence-electron chi connectivity index (χ2n) is 7.82. The number of rotatable bonds is 6. The minimum atomic E-state index is 0.689. The maximum Gasteiger partial charge on any atom is 0.142 e. The summed E-state index contributed by atoms with van der Waals surface area (Å²) in [6, 6.07) is 14.2. The monoisotopic (exact) mass is 394 g/mol. The van der Waals surface area contributed by atoms with Crippen molar-refractivity contribution in [3.8, 4) is 0 Å². The van der Waals surface area contributed by atoms with Gasteiger partial charge >= 0.3 is 0 Å². The highest BCUT2D eigenvalue weighted by atomic mass is 16.5. The molecule has 0 unspecified atom stereocenters. The maximum atomic E-state index is 10.2. The van der Waals surface area contributed by atoms with Crippen molar-refractivity contribution in [1.82, 2.24) is 0 Å². The number of carbonyl (C=O) groups is 1. The number of hydrogen-bond donors (Lipinski definition) is 2. The summed E-state index contributed by atoms with van der Waals surface area (Å²) in [5.74, 6) is 1.65. The zero-order valence-corrected chi connectivity index (χ0v) is 17.6. The van der Waals surface area contributed by atoms with Crippen LogP contribution in [0.5, 0.6) is 0 Å². The van der Waals surface area contributed by atoms with E-state index in [0.29, 0.717) is 12.3 Å². The van der Waals surface area contributed by atoms with E-state index in [1.807, 2.05) is 18.2 Å². The molecule has 0 spiro atoms. The van der Waals surface area contributed by atoms with E-state index in [2.05, 4.69) is 31.2 Å². The van der Waals surface area contributed by atoms with E-state index in [9.17, 15) is 4.79 Å². The van der Waals surface area contributed by atoms with Crippen molar-refractivity contribution in [2.75, 3.05) is 25.2 Å². The van der Waals surface area contributed by atoms with Gasteiger partial charge in [0.05, 0.1) is 6.61 Å². The van der Waals surface area contributed by atoms with Gasteiger partial charge < -0.3 is 16.2 Å². The quantitative estimate of drug-likeness (QED) is 0.399. The van der Waals surface area contributed by atoms with Gasteiger partial charge in [-0.2, -0.15) is 0 Å². The fourth-order valence-electron chi connectivity index (χ4n) is 3.68. The van der Waals surface area contributed by atoms with E-state index in [0.717, 1.165) is 41.4 Å². The number of nitrogen functional groups attached to an aromatic ring is 2. The Labute approximate surface area is 174 Å². The fraction of sp³-hybridized carbons (Fsp3) is 0.400. The van der Waals surface area contributed by atoms with Crippen LogP contribution < -0.4 is 11.5 Å². The Morgan fingerprint density at radius 1 is 1.03 bits per heavy atom. The van der Waals surface area contributed by atoms with Crippen LogP contribution in [0.2, 0.25) is 0 Å². The molecule has 0 amide bonds. The molecular formula is C25H34N2O2. The molecule has 29 heavy (non-hydrogen) atoms. The van der Waals surface area contributed by atoms with Gasteiger partial charge in [0.1, 0.15) is 6.29 Å². The van der Waals surface area contributed by atoms with Crippen molar-refractivity contribution in [2.24, 2.45) is 5.92 Å². The molecule has 0 bridgehead atoms. The summed E-state index contributed by atoms with van der Waals surface area (Å²) < 4.78 is 4.94. The second kappa shape index (κ2) is 12.1. The van der Waals surface area contributed by atoms with Crippen LogP contribution in [0.3, 0.4) is 0 Å². The number of ether oxygens (including phenoxy) is 1. The number of allylic oxidation sites excluding steroid dienone is 1. The van der Waals surface area contributed by atoms with Gasteiger partial charge in [0.15, 0.2) is 0 Å². The summed E-state index contributed by atoms with van der Waals surface area (Å²) in [6.45, 7) is 3.04. The van der Waals surface area contributed by atoms with Gasteiger partial charge in [-0.15, -0.1) is 0 Å². The Morgan fingerprint density at radius 2 is 1.72 bits per heavy atom. The van der Waals surface area contributed by atoms with Crippen LogP contribution in [-0.4, -0.2) is 20.0 Å². The maximum absolute atomic E-state index is 10.2. The van der Waals surface area contributed by atoms with E-state index in [-0.39, 0.29) is 0 Å². The molecular weight excluding hydrogens is 360 g/mol. The minimum absolute atomic E-state index is 0.689. The van der Waals surface area contributed by atoms with Gasteiger partial charge in [0, 0.05) is 18.5 Å². The summed E-state index contributed by atoms with van der Waals surface area (Å²) in [5.41, 5.74) is 16.4. The summed E-state index contributed by atoms with van der Waals surface area (Å²) in [7, 11) is 1.67. The Bertz CT molecular complexity index is 776. The molecule has 4 nitrogen and oxygen atoms in total. The van der Waals surface area contributed by atoms with Crippen molar-refractivity contribution in [2.45, 2.75) is 44.9 Å². The topological polar surface area (TPSA) is 78.3 Å². The molecule has 4 heteroatoms. The third-order valence-electron chi connectivity index (χ3n) is 5.54. The van der Waals surface area contributed by atoms with E-state index in [1.54, 1.807) is 13.2 Å². The summed E-state index contributed by atoms with van der Waals surface area (Å²) in [4.78, 5) is 10.2. The number of benzene rings is 2.